The van der Waals surface area contributed by atoms with Gasteiger partial charge >= 0.3 is 5.97 Å². The minimum Gasteiger partial charge on any atom is -0.455 e. The van der Waals surface area contributed by atoms with Crippen LogP contribution in [0.15, 0.2) is 42.0 Å². The van der Waals surface area contributed by atoms with Crippen LogP contribution >= 0.6 is 0 Å². The summed E-state index contributed by atoms with van der Waals surface area (Å²) >= 11 is 0. The highest BCUT2D eigenvalue weighted by Crippen LogP contribution is 2.22. The third kappa shape index (κ3) is 4.52. The van der Waals surface area contributed by atoms with E-state index in [-0.39, 0.29) is 12.1 Å². The molecule has 0 aliphatic carbocycles. The average Bonchev–Trinajstić information content (AvgIpc) is 2.83. The molecule has 0 amide bonds. The molecule has 2 nitrogen and oxygen atoms in total. The summed E-state index contributed by atoms with van der Waals surface area (Å²) < 4.78 is 5.42. The minimum absolute atomic E-state index is 0.0242. The second kappa shape index (κ2) is 7.88. The van der Waals surface area contributed by atoms with Gasteiger partial charge in [0.25, 0.3) is 0 Å². The van der Waals surface area contributed by atoms with Crippen molar-refractivity contribution < 1.29 is 9.53 Å². The van der Waals surface area contributed by atoms with E-state index in [4.69, 9.17) is 4.74 Å². The summed E-state index contributed by atoms with van der Waals surface area (Å²) in [4.78, 5) is 11.8. The van der Waals surface area contributed by atoms with E-state index in [0.29, 0.717) is 0 Å². The Morgan fingerprint density at radius 2 is 1.85 bits per heavy atom. The Morgan fingerprint density at radius 1 is 1.05 bits per heavy atom. The number of rotatable bonds is 8. The molecule has 2 rings (SSSR count). The van der Waals surface area contributed by atoms with Crippen molar-refractivity contribution in [1.82, 2.24) is 0 Å². The van der Waals surface area contributed by atoms with Gasteiger partial charge in [0.1, 0.15) is 6.10 Å². The largest absolute Gasteiger partial charge is 0.455 e. The molecule has 1 aliphatic heterocycles. The van der Waals surface area contributed by atoms with Gasteiger partial charge in [-0.2, -0.15) is 0 Å². The monoisotopic (exact) mass is 272 g/mol. The number of carbonyl (C=O) groups is 1. The van der Waals surface area contributed by atoms with Crippen molar-refractivity contribution in [3.63, 3.8) is 0 Å². The maximum absolute atomic E-state index is 11.8. The van der Waals surface area contributed by atoms with Crippen LogP contribution in [0.5, 0.6) is 0 Å². The SMILES string of the molecule is CCCCCCC1=CC(CCc2ccccc2)OC1=O. The van der Waals surface area contributed by atoms with Crippen LogP contribution < -0.4 is 0 Å². The molecule has 1 unspecified atom stereocenters. The van der Waals surface area contributed by atoms with Crippen molar-refractivity contribution in [1.29, 1.82) is 0 Å². The van der Waals surface area contributed by atoms with Crippen LogP contribution in [-0.2, 0) is 16.0 Å². The molecular formula is C18H24O2. The Morgan fingerprint density at radius 3 is 2.60 bits per heavy atom. The van der Waals surface area contributed by atoms with Gasteiger partial charge in [0.2, 0.25) is 0 Å². The molecule has 0 radical (unpaired) electrons. The summed E-state index contributed by atoms with van der Waals surface area (Å²) in [6.07, 6.45) is 9.51. The van der Waals surface area contributed by atoms with E-state index in [1.54, 1.807) is 0 Å². The molecule has 1 aliphatic rings. The number of carbonyl (C=O) groups excluding carboxylic acids is 1. The van der Waals surface area contributed by atoms with Crippen molar-refractivity contribution in [2.75, 3.05) is 0 Å². The maximum Gasteiger partial charge on any atom is 0.334 e. The van der Waals surface area contributed by atoms with Crippen LogP contribution in [0.2, 0.25) is 0 Å². The molecule has 0 saturated carbocycles. The Labute approximate surface area is 121 Å². The molecule has 1 heterocycles. The highest BCUT2D eigenvalue weighted by molar-refractivity contribution is 5.90. The summed E-state index contributed by atoms with van der Waals surface area (Å²) in [6.45, 7) is 2.20. The Bertz CT molecular complexity index is 448. The lowest BCUT2D eigenvalue weighted by atomic mass is 10.0. The normalized spacial score (nSPS) is 17.9. The van der Waals surface area contributed by atoms with Gasteiger partial charge in [-0.15, -0.1) is 0 Å². The maximum atomic E-state index is 11.8. The number of unbranched alkanes of at least 4 members (excludes halogenated alkanes) is 3. The predicted molar refractivity (Wildman–Crippen MR) is 81.5 cm³/mol. The van der Waals surface area contributed by atoms with Crippen LogP contribution in [0.1, 0.15) is 51.0 Å². The predicted octanol–water partition coefficient (Wildman–Crippen LogP) is 4.44. The van der Waals surface area contributed by atoms with Gasteiger partial charge in [0.15, 0.2) is 0 Å². The third-order valence-corrected chi connectivity index (χ3v) is 3.77. The molecule has 1 atom stereocenters. The topological polar surface area (TPSA) is 26.3 Å². The third-order valence-electron chi connectivity index (χ3n) is 3.77. The number of benzene rings is 1. The lowest BCUT2D eigenvalue weighted by molar-refractivity contribution is -0.139. The van der Waals surface area contributed by atoms with E-state index in [9.17, 15) is 4.79 Å². The van der Waals surface area contributed by atoms with Crippen LogP contribution in [0, 0.1) is 0 Å². The minimum atomic E-state index is -0.0976. The summed E-state index contributed by atoms with van der Waals surface area (Å²) in [5.74, 6) is -0.0976. The van der Waals surface area contributed by atoms with Gasteiger partial charge in [-0.3, -0.25) is 0 Å². The number of aryl methyl sites for hydroxylation is 1. The van der Waals surface area contributed by atoms with E-state index in [2.05, 4.69) is 19.1 Å². The molecular weight excluding hydrogens is 248 g/mol. The van der Waals surface area contributed by atoms with Crippen LogP contribution in [0.3, 0.4) is 0 Å². The first-order valence-corrected chi connectivity index (χ1v) is 7.75. The Balaban J connectivity index is 1.76. The first kappa shape index (κ1) is 14.8. The van der Waals surface area contributed by atoms with Gasteiger partial charge < -0.3 is 4.74 Å². The van der Waals surface area contributed by atoms with E-state index < -0.39 is 0 Å². The molecule has 0 bridgehead atoms. The fourth-order valence-corrected chi connectivity index (χ4v) is 2.56. The fraction of sp³-hybridized carbons (Fsp3) is 0.500. The first-order valence-electron chi connectivity index (χ1n) is 7.75. The zero-order valence-corrected chi connectivity index (χ0v) is 12.3. The van der Waals surface area contributed by atoms with Crippen molar-refractivity contribution >= 4 is 5.97 Å². The molecule has 1 aromatic carbocycles. The zero-order valence-electron chi connectivity index (χ0n) is 12.3. The lowest BCUT2D eigenvalue weighted by Gasteiger charge is -2.07. The van der Waals surface area contributed by atoms with E-state index in [1.807, 2.05) is 24.3 Å². The molecule has 20 heavy (non-hydrogen) atoms. The van der Waals surface area contributed by atoms with Crippen LogP contribution in [-0.4, -0.2) is 12.1 Å². The van der Waals surface area contributed by atoms with Gasteiger partial charge in [0.05, 0.1) is 0 Å². The van der Waals surface area contributed by atoms with E-state index in [1.165, 1.54) is 24.8 Å². The van der Waals surface area contributed by atoms with Crippen molar-refractivity contribution in [3.8, 4) is 0 Å². The highest BCUT2D eigenvalue weighted by Gasteiger charge is 2.24. The second-order valence-corrected chi connectivity index (χ2v) is 5.47. The second-order valence-electron chi connectivity index (χ2n) is 5.47. The van der Waals surface area contributed by atoms with Crippen molar-refractivity contribution in [2.45, 2.75) is 58.0 Å². The number of ether oxygens (including phenoxy) is 1. The molecule has 0 aromatic heterocycles. The smallest absolute Gasteiger partial charge is 0.334 e. The fourth-order valence-electron chi connectivity index (χ4n) is 2.56. The van der Waals surface area contributed by atoms with Crippen LogP contribution in [0.25, 0.3) is 0 Å². The quantitative estimate of drug-likeness (QED) is 0.516. The van der Waals surface area contributed by atoms with E-state index >= 15 is 0 Å². The lowest BCUT2D eigenvalue weighted by Crippen LogP contribution is -2.09. The molecule has 1 aromatic rings. The number of hydrogen-bond acceptors (Lipinski definition) is 2. The molecule has 0 fully saturated rings. The Hall–Kier alpha value is -1.57. The number of esters is 1. The van der Waals surface area contributed by atoms with Gasteiger partial charge in [-0.25, -0.2) is 4.79 Å². The van der Waals surface area contributed by atoms with Gasteiger partial charge in [0, 0.05) is 5.57 Å². The van der Waals surface area contributed by atoms with E-state index in [0.717, 1.165) is 31.3 Å². The van der Waals surface area contributed by atoms with Crippen LogP contribution in [0.4, 0.5) is 0 Å². The number of cyclic esters (lactones) is 1. The summed E-state index contributed by atoms with van der Waals surface area (Å²) in [7, 11) is 0. The first-order chi connectivity index (χ1) is 9.79. The summed E-state index contributed by atoms with van der Waals surface area (Å²) in [5, 5.41) is 0. The zero-order chi connectivity index (χ0) is 14.2. The van der Waals surface area contributed by atoms with Gasteiger partial charge in [-0.05, 0) is 37.3 Å². The molecule has 108 valence electrons. The standard InChI is InChI=1S/C18H24O2/c1-2-3-4-8-11-16-14-17(20-18(16)19)13-12-15-9-6-5-7-10-15/h5-7,9-10,14,17H,2-4,8,11-13H2,1H3. The average molecular weight is 272 g/mol. The molecule has 0 N–H and O–H groups in total. The molecule has 0 spiro atoms. The summed E-state index contributed by atoms with van der Waals surface area (Å²) in [5.41, 5.74) is 2.19. The highest BCUT2D eigenvalue weighted by atomic mass is 16.5. The Kier molecular flexibility index (Phi) is 5.85. The summed E-state index contributed by atoms with van der Waals surface area (Å²) in [6, 6.07) is 10.3. The van der Waals surface area contributed by atoms with Crippen molar-refractivity contribution in [2.24, 2.45) is 0 Å². The molecule has 0 saturated heterocycles. The van der Waals surface area contributed by atoms with Gasteiger partial charge in [-0.1, -0.05) is 56.5 Å². The number of hydrogen-bond donors (Lipinski definition) is 0. The molecule has 2 heteroatoms. The van der Waals surface area contributed by atoms with Crippen molar-refractivity contribution in [3.05, 3.63) is 47.5 Å².